The van der Waals surface area contributed by atoms with Gasteiger partial charge in [-0.1, -0.05) is 29.8 Å². The normalized spacial score (nSPS) is 10.4. The van der Waals surface area contributed by atoms with Crippen molar-refractivity contribution in [3.05, 3.63) is 64.8 Å². The summed E-state index contributed by atoms with van der Waals surface area (Å²) in [5, 5.41) is 13.0. The number of methoxy groups -OCH3 is 1. The molecule has 2 aromatic carbocycles. The van der Waals surface area contributed by atoms with Gasteiger partial charge < -0.3 is 20.1 Å². The van der Waals surface area contributed by atoms with Crippen LogP contribution in [-0.2, 0) is 11.3 Å². The van der Waals surface area contributed by atoms with E-state index in [0.29, 0.717) is 34.5 Å². The van der Waals surface area contributed by atoms with E-state index >= 15 is 0 Å². The summed E-state index contributed by atoms with van der Waals surface area (Å²) in [6.45, 7) is 2.55. The Balaban J connectivity index is 1.60. The minimum Gasteiger partial charge on any atom is -0.493 e. The van der Waals surface area contributed by atoms with Crippen molar-refractivity contribution in [2.45, 2.75) is 13.5 Å². The number of aromatic amines is 1. The Morgan fingerprint density at radius 1 is 1.10 bits per heavy atom. The van der Waals surface area contributed by atoms with Crippen molar-refractivity contribution in [2.75, 3.05) is 20.3 Å². The summed E-state index contributed by atoms with van der Waals surface area (Å²) < 4.78 is 10.8. The van der Waals surface area contributed by atoms with Crippen molar-refractivity contribution in [3.63, 3.8) is 0 Å². The number of aromatic nitrogens is 2. The van der Waals surface area contributed by atoms with Crippen molar-refractivity contribution >= 4 is 23.4 Å². The van der Waals surface area contributed by atoms with E-state index in [1.54, 1.807) is 36.4 Å². The van der Waals surface area contributed by atoms with Crippen molar-refractivity contribution in [2.24, 2.45) is 0 Å². The zero-order chi connectivity index (χ0) is 22.2. The molecular formula is C22H23ClN4O4. The molecule has 0 spiro atoms. The van der Waals surface area contributed by atoms with Gasteiger partial charge in [0.15, 0.2) is 18.1 Å². The van der Waals surface area contributed by atoms with Crippen LogP contribution < -0.4 is 20.1 Å². The zero-order valence-corrected chi connectivity index (χ0v) is 18.0. The maximum absolute atomic E-state index is 12.5. The van der Waals surface area contributed by atoms with Crippen LogP contribution in [-0.4, -0.2) is 42.3 Å². The molecule has 0 aliphatic rings. The molecule has 9 heteroatoms. The summed E-state index contributed by atoms with van der Waals surface area (Å²) >= 11 is 6.01. The molecular weight excluding hydrogens is 420 g/mol. The predicted octanol–water partition coefficient (Wildman–Crippen LogP) is 3.18. The molecule has 0 saturated heterocycles. The van der Waals surface area contributed by atoms with Gasteiger partial charge in [0.25, 0.3) is 11.8 Å². The number of nitrogens with one attached hydrogen (secondary N) is 3. The second-order valence-corrected chi connectivity index (χ2v) is 7.02. The molecule has 3 rings (SSSR count). The summed E-state index contributed by atoms with van der Waals surface area (Å²) in [4.78, 5) is 24.0. The number of likely N-dealkylation sites (N-methyl/N-ethyl adjacent to an activating group) is 1. The number of carbonyl (C=O) groups excluding carboxylic acids is 2. The van der Waals surface area contributed by atoms with Crippen LogP contribution >= 0.6 is 11.6 Å². The number of nitrogens with zero attached hydrogens (tertiary/aromatic N) is 1. The van der Waals surface area contributed by atoms with Gasteiger partial charge in [0.2, 0.25) is 0 Å². The lowest BCUT2D eigenvalue weighted by molar-refractivity contribution is -0.123. The molecule has 1 heterocycles. The van der Waals surface area contributed by atoms with Crippen LogP contribution in [0, 0.1) is 0 Å². The van der Waals surface area contributed by atoms with Crippen LogP contribution in [0.4, 0.5) is 0 Å². The molecule has 0 bridgehead atoms. The molecule has 0 aliphatic carbocycles. The molecule has 1 aromatic heterocycles. The predicted molar refractivity (Wildman–Crippen MR) is 117 cm³/mol. The monoisotopic (exact) mass is 442 g/mol. The number of benzene rings is 2. The smallest absolute Gasteiger partial charge is 0.269 e. The first kappa shape index (κ1) is 22.2. The first-order chi connectivity index (χ1) is 15.0. The Labute approximate surface area is 184 Å². The number of H-pyrrole nitrogens is 1. The maximum atomic E-state index is 12.5. The fourth-order valence-electron chi connectivity index (χ4n) is 2.84. The van der Waals surface area contributed by atoms with Crippen LogP contribution in [0.2, 0.25) is 5.02 Å². The fourth-order valence-corrected chi connectivity index (χ4v) is 3.03. The van der Waals surface area contributed by atoms with E-state index in [1.807, 2.05) is 19.1 Å². The Morgan fingerprint density at radius 3 is 2.68 bits per heavy atom. The zero-order valence-electron chi connectivity index (χ0n) is 17.2. The van der Waals surface area contributed by atoms with Gasteiger partial charge in [0.05, 0.1) is 12.8 Å². The number of amides is 2. The molecule has 3 N–H and O–H groups in total. The third kappa shape index (κ3) is 5.99. The summed E-state index contributed by atoms with van der Waals surface area (Å²) in [6.07, 6.45) is 0. The average molecular weight is 443 g/mol. The van der Waals surface area contributed by atoms with Crippen molar-refractivity contribution < 1.29 is 19.1 Å². The van der Waals surface area contributed by atoms with Gasteiger partial charge in [0.1, 0.15) is 5.69 Å². The van der Waals surface area contributed by atoms with Gasteiger partial charge in [-0.25, -0.2) is 0 Å². The maximum Gasteiger partial charge on any atom is 0.269 e. The molecule has 0 saturated carbocycles. The van der Waals surface area contributed by atoms with Crippen LogP contribution in [0.15, 0.2) is 48.5 Å². The van der Waals surface area contributed by atoms with E-state index in [2.05, 4.69) is 20.8 Å². The number of ether oxygens (including phenoxy) is 2. The second-order valence-electron chi connectivity index (χ2n) is 6.59. The average Bonchev–Trinajstić information content (AvgIpc) is 3.27. The number of rotatable bonds is 9. The highest BCUT2D eigenvalue weighted by atomic mass is 35.5. The minimum atomic E-state index is -0.295. The van der Waals surface area contributed by atoms with Crippen molar-refractivity contribution in [3.8, 4) is 22.8 Å². The number of carbonyl (C=O) groups is 2. The van der Waals surface area contributed by atoms with Gasteiger partial charge in [0, 0.05) is 23.7 Å². The lowest BCUT2D eigenvalue weighted by Gasteiger charge is -2.12. The standard InChI is InChI=1S/C22H23ClN4O4/c1-3-24-21(28)13-31-19-8-7-14(9-20(19)30-2)12-25-22(29)18-11-17(26-27-18)15-5-4-6-16(23)10-15/h4-11H,3,12-13H2,1-2H3,(H,24,28)(H,25,29)(H,26,27). The van der Waals surface area contributed by atoms with Crippen molar-refractivity contribution in [1.29, 1.82) is 0 Å². The Bertz CT molecular complexity index is 1070. The minimum absolute atomic E-state index is 0.102. The van der Waals surface area contributed by atoms with Crippen LogP contribution in [0.1, 0.15) is 23.0 Å². The first-order valence-corrected chi connectivity index (χ1v) is 10.0. The van der Waals surface area contributed by atoms with Crippen LogP contribution in [0.5, 0.6) is 11.5 Å². The van der Waals surface area contributed by atoms with Gasteiger partial charge in [-0.3, -0.25) is 14.7 Å². The van der Waals surface area contributed by atoms with Crippen molar-refractivity contribution in [1.82, 2.24) is 20.8 Å². The number of halogens is 1. The van der Waals surface area contributed by atoms with E-state index in [0.717, 1.165) is 11.1 Å². The number of hydrogen-bond donors (Lipinski definition) is 3. The molecule has 8 nitrogen and oxygen atoms in total. The summed E-state index contributed by atoms with van der Waals surface area (Å²) in [6, 6.07) is 14.1. The molecule has 0 aliphatic heterocycles. The van der Waals surface area contributed by atoms with E-state index in [-0.39, 0.29) is 25.0 Å². The van der Waals surface area contributed by atoms with E-state index < -0.39 is 0 Å². The SMILES string of the molecule is CCNC(=O)COc1ccc(CNC(=O)c2cc(-c3cccc(Cl)c3)n[nH]2)cc1OC. The van der Waals surface area contributed by atoms with Crippen LogP contribution in [0.25, 0.3) is 11.3 Å². The molecule has 0 unspecified atom stereocenters. The third-order valence-electron chi connectivity index (χ3n) is 4.36. The summed E-state index contributed by atoms with van der Waals surface area (Å²) in [5.41, 5.74) is 2.59. The Hall–Kier alpha value is -3.52. The summed E-state index contributed by atoms with van der Waals surface area (Å²) in [5.74, 6) is 0.415. The highest BCUT2D eigenvalue weighted by Crippen LogP contribution is 2.28. The number of hydrogen-bond acceptors (Lipinski definition) is 5. The Kier molecular flexibility index (Phi) is 7.50. The highest BCUT2D eigenvalue weighted by Gasteiger charge is 2.13. The second kappa shape index (κ2) is 10.5. The molecule has 0 radical (unpaired) electrons. The largest absolute Gasteiger partial charge is 0.493 e. The summed E-state index contributed by atoms with van der Waals surface area (Å²) in [7, 11) is 1.51. The molecule has 31 heavy (non-hydrogen) atoms. The molecule has 0 fully saturated rings. The lowest BCUT2D eigenvalue weighted by atomic mass is 10.1. The van der Waals surface area contributed by atoms with Crippen LogP contribution in [0.3, 0.4) is 0 Å². The molecule has 0 atom stereocenters. The van der Waals surface area contributed by atoms with E-state index in [9.17, 15) is 9.59 Å². The Morgan fingerprint density at radius 2 is 1.94 bits per heavy atom. The van der Waals surface area contributed by atoms with E-state index in [4.69, 9.17) is 21.1 Å². The fraction of sp³-hybridized carbons (Fsp3) is 0.227. The van der Waals surface area contributed by atoms with Gasteiger partial charge in [-0.05, 0) is 42.8 Å². The third-order valence-corrected chi connectivity index (χ3v) is 4.59. The van der Waals surface area contributed by atoms with Gasteiger partial charge >= 0.3 is 0 Å². The molecule has 2 amide bonds. The molecule has 162 valence electrons. The van der Waals surface area contributed by atoms with Gasteiger partial charge in [-0.2, -0.15) is 5.10 Å². The highest BCUT2D eigenvalue weighted by molar-refractivity contribution is 6.30. The first-order valence-electron chi connectivity index (χ1n) is 9.66. The van der Waals surface area contributed by atoms with Gasteiger partial charge in [-0.15, -0.1) is 0 Å². The topological polar surface area (TPSA) is 105 Å². The lowest BCUT2D eigenvalue weighted by Crippen LogP contribution is -2.28. The quantitative estimate of drug-likeness (QED) is 0.472. The molecule has 3 aromatic rings. The van der Waals surface area contributed by atoms with E-state index in [1.165, 1.54) is 7.11 Å².